The summed E-state index contributed by atoms with van der Waals surface area (Å²) in [4.78, 5) is 2.15. The summed E-state index contributed by atoms with van der Waals surface area (Å²) in [5.41, 5.74) is 2.02. The van der Waals surface area contributed by atoms with Crippen LogP contribution in [0.3, 0.4) is 0 Å². The molecule has 1 atom stereocenters. The van der Waals surface area contributed by atoms with Gasteiger partial charge < -0.3 is 23.7 Å². The van der Waals surface area contributed by atoms with Gasteiger partial charge in [-0.25, -0.2) is 4.39 Å². The molecule has 1 aliphatic rings. The number of halogens is 3. The van der Waals surface area contributed by atoms with Gasteiger partial charge in [0, 0.05) is 35.8 Å². The zero-order valence-corrected chi connectivity index (χ0v) is 24.2. The monoisotopic (exact) mass is 612 g/mol. The van der Waals surface area contributed by atoms with E-state index in [4.69, 9.17) is 41.8 Å². The maximum absolute atomic E-state index is 15.4. The number of nitriles is 1. The molecule has 9 nitrogen and oxygen atoms in total. The minimum Gasteiger partial charge on any atom is -0.491 e. The third kappa shape index (κ3) is 7.37. The van der Waals surface area contributed by atoms with Crippen molar-refractivity contribution in [1.82, 2.24) is 15.1 Å². The lowest BCUT2D eigenvalue weighted by atomic mass is 10.1. The summed E-state index contributed by atoms with van der Waals surface area (Å²) in [5, 5.41) is 28.1. The summed E-state index contributed by atoms with van der Waals surface area (Å²) >= 11 is 12.3. The molecule has 0 bridgehead atoms. The fourth-order valence-corrected chi connectivity index (χ4v) is 4.91. The minimum atomic E-state index is -0.700. The van der Waals surface area contributed by atoms with Crippen LogP contribution in [0.25, 0.3) is 11.5 Å². The van der Waals surface area contributed by atoms with Gasteiger partial charge in [-0.1, -0.05) is 29.3 Å². The smallest absolute Gasteiger partial charge is 0.248 e. The molecule has 42 heavy (non-hydrogen) atoms. The summed E-state index contributed by atoms with van der Waals surface area (Å²) < 4.78 is 38.1. The number of β-amino-alcohol motifs (C(OH)–C–C–N with tert-alkyl or cyclic N) is 1. The summed E-state index contributed by atoms with van der Waals surface area (Å²) in [7, 11) is 0. The molecule has 4 aromatic rings. The highest BCUT2D eigenvalue weighted by atomic mass is 35.5. The van der Waals surface area contributed by atoms with Crippen LogP contribution in [0.5, 0.6) is 17.2 Å². The average Bonchev–Trinajstić information content (AvgIpc) is 3.44. The van der Waals surface area contributed by atoms with E-state index in [1.807, 2.05) is 19.1 Å². The second kappa shape index (κ2) is 13.5. The molecular formula is C30H27Cl2FN4O5. The fourth-order valence-electron chi connectivity index (χ4n) is 4.50. The summed E-state index contributed by atoms with van der Waals surface area (Å²) in [5.74, 6) is 0.338. The predicted molar refractivity (Wildman–Crippen MR) is 154 cm³/mol. The lowest BCUT2D eigenvalue weighted by molar-refractivity contribution is 0.00465. The number of aryl methyl sites for hydroxylation is 1. The van der Waals surface area contributed by atoms with E-state index in [9.17, 15) is 10.4 Å². The van der Waals surface area contributed by atoms with Crippen molar-refractivity contribution in [3.05, 3.63) is 87.0 Å². The van der Waals surface area contributed by atoms with Gasteiger partial charge in [0.25, 0.3) is 0 Å². The topological polar surface area (TPSA) is 114 Å². The number of hydrogen-bond donors (Lipinski definition) is 1. The van der Waals surface area contributed by atoms with Crippen LogP contribution >= 0.6 is 23.2 Å². The molecule has 2 heterocycles. The Labute approximate surface area is 252 Å². The van der Waals surface area contributed by atoms with Crippen LogP contribution in [-0.2, 0) is 11.2 Å². The standard InChI is InChI=1S/C30H27Cl2FN4O5/c1-18-10-23(40-17-22(38)16-37-6-8-39-9-7-37)3-4-25(18)30-36-35-27(42-30)13-20-2-5-26(32)29(28(20)33)41-24-12-19(15-34)11-21(31)14-24/h2-5,10-12,14,22,38H,6-9,13,16-17H2,1H3/t22-/m0/s1. The zero-order valence-electron chi connectivity index (χ0n) is 22.6. The highest BCUT2D eigenvalue weighted by molar-refractivity contribution is 6.32. The first kappa shape index (κ1) is 29.8. The molecular weight excluding hydrogens is 586 g/mol. The van der Waals surface area contributed by atoms with Crippen molar-refractivity contribution in [3.8, 4) is 34.8 Å². The van der Waals surface area contributed by atoms with Gasteiger partial charge in [0.1, 0.15) is 24.2 Å². The molecule has 218 valence electrons. The number of hydrogen-bond acceptors (Lipinski definition) is 9. The lowest BCUT2D eigenvalue weighted by Gasteiger charge is -2.28. The Morgan fingerprint density at radius 1 is 1.10 bits per heavy atom. The third-order valence-corrected chi connectivity index (χ3v) is 7.12. The molecule has 1 saturated heterocycles. The van der Waals surface area contributed by atoms with E-state index in [-0.39, 0.29) is 57.5 Å². The molecule has 12 heteroatoms. The molecule has 1 fully saturated rings. The van der Waals surface area contributed by atoms with Gasteiger partial charge in [-0.2, -0.15) is 5.26 Å². The maximum atomic E-state index is 15.4. The van der Waals surface area contributed by atoms with Crippen LogP contribution in [0.1, 0.15) is 22.6 Å². The van der Waals surface area contributed by atoms with Crippen molar-refractivity contribution in [1.29, 1.82) is 5.26 Å². The van der Waals surface area contributed by atoms with E-state index in [2.05, 4.69) is 15.1 Å². The fraction of sp³-hybridized carbons (Fsp3) is 0.300. The Balaban J connectivity index is 1.24. The molecule has 1 aliphatic heterocycles. The molecule has 0 saturated carbocycles. The van der Waals surface area contributed by atoms with Crippen molar-refractivity contribution in [3.63, 3.8) is 0 Å². The van der Waals surface area contributed by atoms with E-state index in [1.54, 1.807) is 12.1 Å². The first-order valence-electron chi connectivity index (χ1n) is 13.2. The number of ether oxygens (including phenoxy) is 3. The molecule has 0 unspecified atom stereocenters. The lowest BCUT2D eigenvalue weighted by Crippen LogP contribution is -2.42. The third-order valence-electron chi connectivity index (χ3n) is 6.60. The van der Waals surface area contributed by atoms with E-state index in [1.165, 1.54) is 30.3 Å². The summed E-state index contributed by atoms with van der Waals surface area (Å²) in [6.07, 6.45) is -0.631. The van der Waals surface area contributed by atoms with Gasteiger partial charge in [-0.3, -0.25) is 4.90 Å². The Morgan fingerprint density at radius 2 is 1.90 bits per heavy atom. The van der Waals surface area contributed by atoms with Gasteiger partial charge in [-0.15, -0.1) is 10.2 Å². The first-order chi connectivity index (χ1) is 20.3. The maximum Gasteiger partial charge on any atom is 0.248 e. The second-order valence-electron chi connectivity index (χ2n) is 9.77. The Bertz CT molecular complexity index is 1600. The number of aromatic nitrogens is 2. The summed E-state index contributed by atoms with van der Waals surface area (Å²) in [6, 6.07) is 14.7. The van der Waals surface area contributed by atoms with Crippen LogP contribution in [0.15, 0.2) is 52.9 Å². The molecule has 0 radical (unpaired) electrons. The van der Waals surface area contributed by atoms with Crippen LogP contribution < -0.4 is 9.47 Å². The van der Waals surface area contributed by atoms with Crippen molar-refractivity contribution in [2.45, 2.75) is 19.4 Å². The van der Waals surface area contributed by atoms with Crippen molar-refractivity contribution >= 4 is 23.2 Å². The number of morpholine rings is 1. The number of benzene rings is 3. The van der Waals surface area contributed by atoms with Gasteiger partial charge >= 0.3 is 0 Å². The van der Waals surface area contributed by atoms with Gasteiger partial charge in [0.05, 0.1) is 36.3 Å². The van der Waals surface area contributed by atoms with E-state index >= 15 is 4.39 Å². The number of nitrogens with zero attached hydrogens (tertiary/aromatic N) is 4. The van der Waals surface area contributed by atoms with Gasteiger partial charge in [0.2, 0.25) is 11.8 Å². The van der Waals surface area contributed by atoms with Gasteiger partial charge in [0.15, 0.2) is 11.6 Å². The summed E-state index contributed by atoms with van der Waals surface area (Å²) in [6.45, 7) is 5.50. The van der Waals surface area contributed by atoms with Crippen molar-refractivity contribution in [2.75, 3.05) is 39.5 Å². The second-order valence-corrected chi connectivity index (χ2v) is 10.6. The van der Waals surface area contributed by atoms with Crippen LogP contribution in [-0.4, -0.2) is 65.8 Å². The Hall–Kier alpha value is -3.72. The average molecular weight is 613 g/mol. The normalized spacial score (nSPS) is 14.4. The molecule has 3 aromatic carbocycles. The van der Waals surface area contributed by atoms with Crippen LogP contribution in [0.4, 0.5) is 4.39 Å². The molecule has 1 N–H and O–H groups in total. The zero-order chi connectivity index (χ0) is 29.6. The highest BCUT2D eigenvalue weighted by Gasteiger charge is 2.20. The largest absolute Gasteiger partial charge is 0.491 e. The number of rotatable bonds is 10. The quantitative estimate of drug-likeness (QED) is 0.237. The molecule has 0 aliphatic carbocycles. The molecule has 1 aromatic heterocycles. The van der Waals surface area contributed by atoms with Crippen LogP contribution in [0, 0.1) is 24.1 Å². The number of aliphatic hydroxyl groups is 1. The van der Waals surface area contributed by atoms with Crippen molar-refractivity contribution < 1.29 is 28.1 Å². The van der Waals surface area contributed by atoms with E-state index < -0.39 is 11.9 Å². The Kier molecular flexibility index (Phi) is 9.57. The SMILES string of the molecule is Cc1cc(OC[C@@H](O)CN2CCOCC2)ccc1-c1nnc(Cc2ccc(Cl)c(Oc3cc(Cl)cc(C#N)c3)c2F)o1. The van der Waals surface area contributed by atoms with Crippen LogP contribution in [0.2, 0.25) is 10.0 Å². The highest BCUT2D eigenvalue weighted by Crippen LogP contribution is 2.36. The molecule has 5 rings (SSSR count). The van der Waals surface area contributed by atoms with E-state index in [0.29, 0.717) is 31.1 Å². The molecule has 0 amide bonds. The van der Waals surface area contributed by atoms with Crippen molar-refractivity contribution in [2.24, 2.45) is 0 Å². The van der Waals surface area contributed by atoms with Gasteiger partial charge in [-0.05, 0) is 55.0 Å². The predicted octanol–water partition coefficient (Wildman–Crippen LogP) is 5.82. The molecule has 0 spiro atoms. The Morgan fingerprint density at radius 3 is 2.67 bits per heavy atom. The number of aliphatic hydroxyl groups excluding tert-OH is 1. The minimum absolute atomic E-state index is 0.00731. The van der Waals surface area contributed by atoms with E-state index in [0.717, 1.165) is 18.7 Å². The first-order valence-corrected chi connectivity index (χ1v) is 13.9.